The van der Waals surface area contributed by atoms with Crippen LogP contribution in [-0.4, -0.2) is 21.5 Å². The minimum absolute atomic E-state index is 0.694. The van der Waals surface area contributed by atoms with E-state index in [2.05, 4.69) is 40.1 Å². The molecule has 102 valence electrons. The summed E-state index contributed by atoms with van der Waals surface area (Å²) in [5.41, 5.74) is 4.05. The van der Waals surface area contributed by atoms with Crippen LogP contribution in [0.25, 0.3) is 0 Å². The van der Waals surface area contributed by atoms with Crippen molar-refractivity contribution >= 4 is 34.5 Å². The van der Waals surface area contributed by atoms with Crippen molar-refractivity contribution < 1.29 is 0 Å². The van der Waals surface area contributed by atoms with Crippen LogP contribution in [0.1, 0.15) is 23.7 Å². The molecular formula is C15H16N4S. The maximum atomic E-state index is 5.51. The second-order valence-electron chi connectivity index (χ2n) is 4.85. The van der Waals surface area contributed by atoms with E-state index in [1.54, 1.807) is 6.20 Å². The van der Waals surface area contributed by atoms with Crippen LogP contribution < -0.4 is 10.2 Å². The lowest BCUT2D eigenvalue weighted by Crippen LogP contribution is -2.20. The van der Waals surface area contributed by atoms with Crippen LogP contribution in [0.5, 0.6) is 0 Å². The highest BCUT2D eigenvalue weighted by Gasteiger charge is 2.25. The van der Waals surface area contributed by atoms with E-state index >= 15 is 0 Å². The van der Waals surface area contributed by atoms with Crippen molar-refractivity contribution in [2.75, 3.05) is 16.8 Å². The minimum Gasteiger partial charge on any atom is -0.343 e. The molecule has 20 heavy (non-hydrogen) atoms. The zero-order valence-corrected chi connectivity index (χ0v) is 12.6. The first-order chi connectivity index (χ1) is 9.61. The van der Waals surface area contributed by atoms with E-state index in [0.717, 1.165) is 40.7 Å². The molecule has 0 amide bonds. The summed E-state index contributed by atoms with van der Waals surface area (Å²) in [6.45, 7) is 6.96. The summed E-state index contributed by atoms with van der Waals surface area (Å²) < 4.78 is 0. The van der Waals surface area contributed by atoms with E-state index in [1.807, 2.05) is 19.1 Å². The van der Waals surface area contributed by atoms with Gasteiger partial charge in [0.15, 0.2) is 5.82 Å². The maximum absolute atomic E-state index is 5.51. The molecule has 0 spiro atoms. The number of nitrogens with zero attached hydrogens (tertiary/aromatic N) is 3. The van der Waals surface area contributed by atoms with Crippen LogP contribution in [0.15, 0.2) is 24.4 Å². The summed E-state index contributed by atoms with van der Waals surface area (Å²) in [6.07, 6.45) is 1.79. The standard InChI is InChI=1S/C15H16N4S/c1-4-19-13-11(6-5-7-16-13)15(20)18-12-9(2)8-10(3)17-14(12)19/h5-8H,4H2,1-3H3,(H,18,20). The Morgan fingerprint density at radius 1 is 1.30 bits per heavy atom. The molecular weight excluding hydrogens is 268 g/mol. The molecule has 4 nitrogen and oxygen atoms in total. The largest absolute Gasteiger partial charge is 0.343 e. The van der Waals surface area contributed by atoms with Gasteiger partial charge in [0.2, 0.25) is 0 Å². The fourth-order valence-electron chi connectivity index (χ4n) is 2.54. The van der Waals surface area contributed by atoms with Crippen LogP contribution >= 0.6 is 12.2 Å². The van der Waals surface area contributed by atoms with Crippen LogP contribution in [0.2, 0.25) is 0 Å². The summed E-state index contributed by atoms with van der Waals surface area (Å²) in [6, 6.07) is 5.96. The quantitative estimate of drug-likeness (QED) is 0.813. The van der Waals surface area contributed by atoms with Crippen LogP contribution in [0.4, 0.5) is 17.3 Å². The lowest BCUT2D eigenvalue weighted by Gasteiger charge is -2.23. The van der Waals surface area contributed by atoms with Gasteiger partial charge in [-0.3, -0.25) is 0 Å². The lowest BCUT2D eigenvalue weighted by molar-refractivity contribution is 0.954. The number of hydrogen-bond donors (Lipinski definition) is 1. The van der Waals surface area contributed by atoms with Gasteiger partial charge in [0.25, 0.3) is 0 Å². The number of aryl methyl sites for hydroxylation is 2. The highest BCUT2D eigenvalue weighted by atomic mass is 32.1. The Balaban J connectivity index is 2.31. The van der Waals surface area contributed by atoms with Gasteiger partial charge in [0, 0.05) is 18.4 Å². The predicted molar refractivity (Wildman–Crippen MR) is 86.0 cm³/mol. The third-order valence-electron chi connectivity index (χ3n) is 3.42. The predicted octanol–water partition coefficient (Wildman–Crippen LogP) is 3.35. The van der Waals surface area contributed by atoms with Gasteiger partial charge in [-0.2, -0.15) is 0 Å². The molecule has 0 saturated carbocycles. The summed E-state index contributed by atoms with van der Waals surface area (Å²) in [5.74, 6) is 1.76. The molecule has 0 aromatic carbocycles. The molecule has 2 aromatic heterocycles. The van der Waals surface area contributed by atoms with Gasteiger partial charge in [0.05, 0.1) is 11.3 Å². The first-order valence-electron chi connectivity index (χ1n) is 6.64. The summed E-state index contributed by atoms with van der Waals surface area (Å²) in [5, 5.41) is 3.33. The Kier molecular flexibility index (Phi) is 3.14. The van der Waals surface area contributed by atoms with Crippen molar-refractivity contribution in [1.29, 1.82) is 0 Å². The number of fused-ring (bicyclic) bond motifs is 2. The van der Waals surface area contributed by atoms with Gasteiger partial charge in [-0.1, -0.05) is 12.2 Å². The minimum atomic E-state index is 0.694. The van der Waals surface area contributed by atoms with Gasteiger partial charge < -0.3 is 10.2 Å². The monoisotopic (exact) mass is 284 g/mol. The molecule has 2 aromatic rings. The Labute approximate surface area is 123 Å². The maximum Gasteiger partial charge on any atom is 0.158 e. The van der Waals surface area contributed by atoms with Crippen LogP contribution in [-0.2, 0) is 0 Å². The van der Waals surface area contributed by atoms with Crippen molar-refractivity contribution in [1.82, 2.24) is 9.97 Å². The molecule has 0 aliphatic carbocycles. The number of rotatable bonds is 1. The highest BCUT2D eigenvalue weighted by Crippen LogP contribution is 2.37. The number of nitrogens with one attached hydrogen (secondary N) is 1. The fraction of sp³-hybridized carbons (Fsp3) is 0.267. The second kappa shape index (κ2) is 4.83. The van der Waals surface area contributed by atoms with Crippen molar-refractivity contribution in [3.05, 3.63) is 41.2 Å². The van der Waals surface area contributed by atoms with Crippen molar-refractivity contribution in [3.8, 4) is 0 Å². The second-order valence-corrected chi connectivity index (χ2v) is 5.26. The Bertz CT molecular complexity index is 696. The molecule has 3 heterocycles. The first-order valence-corrected chi connectivity index (χ1v) is 7.04. The molecule has 1 N–H and O–H groups in total. The van der Waals surface area contributed by atoms with Gasteiger partial charge in [-0.25, -0.2) is 9.97 Å². The third kappa shape index (κ3) is 1.94. The van der Waals surface area contributed by atoms with E-state index in [1.165, 1.54) is 0 Å². The molecule has 0 unspecified atom stereocenters. The zero-order valence-electron chi connectivity index (χ0n) is 11.8. The molecule has 0 fully saturated rings. The normalized spacial score (nSPS) is 13.3. The van der Waals surface area contributed by atoms with Crippen molar-refractivity contribution in [2.24, 2.45) is 0 Å². The number of pyridine rings is 2. The number of thiocarbonyl (C=S) groups is 1. The molecule has 3 rings (SSSR count). The molecule has 1 aliphatic heterocycles. The fourth-order valence-corrected chi connectivity index (χ4v) is 2.80. The molecule has 1 aliphatic rings. The van der Waals surface area contributed by atoms with Crippen molar-refractivity contribution in [3.63, 3.8) is 0 Å². The van der Waals surface area contributed by atoms with Gasteiger partial charge in [-0.05, 0) is 44.5 Å². The van der Waals surface area contributed by atoms with E-state index < -0.39 is 0 Å². The van der Waals surface area contributed by atoms with E-state index in [9.17, 15) is 0 Å². The third-order valence-corrected chi connectivity index (χ3v) is 3.74. The van der Waals surface area contributed by atoms with Crippen LogP contribution in [0, 0.1) is 13.8 Å². The Morgan fingerprint density at radius 3 is 2.85 bits per heavy atom. The highest BCUT2D eigenvalue weighted by molar-refractivity contribution is 7.81. The van der Waals surface area contributed by atoms with E-state index in [4.69, 9.17) is 12.2 Å². The molecule has 0 saturated heterocycles. The number of aromatic nitrogens is 2. The van der Waals surface area contributed by atoms with Crippen LogP contribution in [0.3, 0.4) is 0 Å². The van der Waals surface area contributed by atoms with E-state index in [0.29, 0.717) is 4.99 Å². The topological polar surface area (TPSA) is 41.1 Å². The lowest BCUT2D eigenvalue weighted by atomic mass is 10.2. The molecule has 0 radical (unpaired) electrons. The van der Waals surface area contributed by atoms with Gasteiger partial charge >= 0.3 is 0 Å². The summed E-state index contributed by atoms with van der Waals surface area (Å²) in [4.78, 5) is 12.0. The smallest absolute Gasteiger partial charge is 0.158 e. The summed E-state index contributed by atoms with van der Waals surface area (Å²) >= 11 is 5.51. The van der Waals surface area contributed by atoms with E-state index in [-0.39, 0.29) is 0 Å². The Morgan fingerprint density at radius 2 is 2.10 bits per heavy atom. The number of anilines is 3. The molecule has 5 heteroatoms. The Hall–Kier alpha value is -2.01. The first kappa shape index (κ1) is 13.0. The average Bonchev–Trinajstić information content (AvgIpc) is 2.54. The molecule has 0 bridgehead atoms. The van der Waals surface area contributed by atoms with Gasteiger partial charge in [0.1, 0.15) is 10.8 Å². The SMILES string of the molecule is CCN1c2ncccc2C(=S)Nc2c(C)cc(C)nc21. The van der Waals surface area contributed by atoms with Gasteiger partial charge in [-0.15, -0.1) is 0 Å². The zero-order chi connectivity index (χ0) is 14.3. The molecule has 0 atom stereocenters. The van der Waals surface area contributed by atoms with Crippen molar-refractivity contribution in [2.45, 2.75) is 20.8 Å². The number of hydrogen-bond acceptors (Lipinski definition) is 4. The average molecular weight is 284 g/mol. The summed E-state index contributed by atoms with van der Waals surface area (Å²) in [7, 11) is 0.